The predicted molar refractivity (Wildman–Crippen MR) is 118 cm³/mol. The van der Waals surface area contributed by atoms with E-state index < -0.39 is 11.8 Å². The number of nitrogens with one attached hydrogen (secondary N) is 2. The second-order valence-electron chi connectivity index (χ2n) is 7.37. The first-order chi connectivity index (χ1) is 15.0. The van der Waals surface area contributed by atoms with Gasteiger partial charge < -0.3 is 20.3 Å². The van der Waals surface area contributed by atoms with Crippen LogP contribution in [-0.4, -0.2) is 62.4 Å². The van der Waals surface area contributed by atoms with Gasteiger partial charge in [0, 0.05) is 29.9 Å². The average Bonchev–Trinajstić information content (AvgIpc) is 3.15. The highest BCUT2D eigenvalue weighted by atomic mass is 19.1. The van der Waals surface area contributed by atoms with E-state index in [4.69, 9.17) is 0 Å². The van der Waals surface area contributed by atoms with Crippen molar-refractivity contribution in [3.05, 3.63) is 54.3 Å². The predicted octanol–water partition coefficient (Wildman–Crippen LogP) is 3.30. The molecule has 8 nitrogen and oxygen atoms in total. The molecule has 1 aliphatic rings. The van der Waals surface area contributed by atoms with E-state index in [0.29, 0.717) is 16.9 Å². The molecule has 9 heteroatoms. The number of carbonyl (C=O) groups is 1. The summed E-state index contributed by atoms with van der Waals surface area (Å²) in [7, 11) is 0. The number of anilines is 1. The normalized spacial score (nSPS) is 17.8. The summed E-state index contributed by atoms with van der Waals surface area (Å²) >= 11 is 0. The van der Waals surface area contributed by atoms with Gasteiger partial charge in [0.2, 0.25) is 0 Å². The summed E-state index contributed by atoms with van der Waals surface area (Å²) in [5.41, 5.74) is 2.87. The number of nitrogens with zero attached hydrogens (tertiary/aromatic N) is 4. The van der Waals surface area contributed by atoms with E-state index >= 15 is 0 Å². The van der Waals surface area contributed by atoms with Crippen molar-refractivity contribution in [3.8, 4) is 11.3 Å². The standard InChI is InChI=1S/C22H23FN6O2/c1-13-11-25-21-19(13)20(26-12-27-21)15-5-6-17(16(23)10-15)28-22(31)29(8-9-30)18-4-3-7-24-14(18)2/h3-7,10-12,14,18,30H,8-9H2,1-2H3,(H,28,31)(H,25,26,27). The Bertz CT molecular complexity index is 1170. The summed E-state index contributed by atoms with van der Waals surface area (Å²) in [6, 6.07) is 3.55. The number of rotatable bonds is 5. The van der Waals surface area contributed by atoms with Gasteiger partial charge in [-0.2, -0.15) is 0 Å². The van der Waals surface area contributed by atoms with E-state index in [1.54, 1.807) is 18.4 Å². The van der Waals surface area contributed by atoms with E-state index in [2.05, 4.69) is 25.3 Å². The van der Waals surface area contributed by atoms with Crippen molar-refractivity contribution in [2.45, 2.75) is 25.9 Å². The third kappa shape index (κ3) is 4.04. The second kappa shape index (κ2) is 8.65. The van der Waals surface area contributed by atoms with Crippen LogP contribution in [-0.2, 0) is 0 Å². The Morgan fingerprint density at radius 2 is 2.19 bits per heavy atom. The van der Waals surface area contributed by atoms with Gasteiger partial charge in [-0.3, -0.25) is 4.99 Å². The molecule has 0 saturated heterocycles. The lowest BCUT2D eigenvalue weighted by atomic mass is 10.1. The molecule has 2 aromatic heterocycles. The zero-order valence-corrected chi connectivity index (χ0v) is 17.2. The van der Waals surface area contributed by atoms with Crippen molar-refractivity contribution in [3.63, 3.8) is 0 Å². The molecule has 3 aromatic rings. The fraction of sp³-hybridized carbons (Fsp3) is 0.273. The summed E-state index contributed by atoms with van der Waals surface area (Å²) in [4.78, 5) is 30.2. The van der Waals surface area contributed by atoms with Crippen molar-refractivity contribution >= 4 is 29.0 Å². The number of allylic oxidation sites excluding steroid dienone is 1. The fourth-order valence-electron chi connectivity index (χ4n) is 3.74. The van der Waals surface area contributed by atoms with Gasteiger partial charge in [0.1, 0.15) is 17.8 Å². The molecule has 3 heterocycles. The number of aliphatic hydroxyl groups is 1. The number of hydrogen-bond donors (Lipinski definition) is 3. The van der Waals surface area contributed by atoms with Gasteiger partial charge in [-0.05, 0) is 37.6 Å². The highest BCUT2D eigenvalue weighted by Gasteiger charge is 2.27. The summed E-state index contributed by atoms with van der Waals surface area (Å²) in [5.74, 6) is -0.583. The van der Waals surface area contributed by atoms with Crippen LogP contribution >= 0.6 is 0 Å². The average molecular weight is 422 g/mol. The molecule has 0 fully saturated rings. The monoisotopic (exact) mass is 422 g/mol. The minimum atomic E-state index is -0.583. The lowest BCUT2D eigenvalue weighted by Gasteiger charge is -2.33. The number of carbonyl (C=O) groups excluding carboxylic acids is 1. The van der Waals surface area contributed by atoms with E-state index in [0.717, 1.165) is 10.9 Å². The maximum Gasteiger partial charge on any atom is 0.322 e. The largest absolute Gasteiger partial charge is 0.395 e. The van der Waals surface area contributed by atoms with Gasteiger partial charge in [0.05, 0.1) is 30.1 Å². The number of aliphatic imine (C=N–C) groups is 1. The maximum absolute atomic E-state index is 14.9. The van der Waals surface area contributed by atoms with Gasteiger partial charge in [0.15, 0.2) is 0 Å². The molecule has 0 aliphatic carbocycles. The molecule has 2 unspecified atom stereocenters. The lowest BCUT2D eigenvalue weighted by molar-refractivity contribution is 0.168. The highest BCUT2D eigenvalue weighted by molar-refractivity contribution is 5.94. The van der Waals surface area contributed by atoms with E-state index in [9.17, 15) is 14.3 Å². The van der Waals surface area contributed by atoms with Crippen LogP contribution in [0.4, 0.5) is 14.9 Å². The van der Waals surface area contributed by atoms with Crippen LogP contribution in [0.2, 0.25) is 0 Å². The number of H-pyrrole nitrogens is 1. The number of aromatic nitrogens is 3. The minimum absolute atomic E-state index is 0.0451. The van der Waals surface area contributed by atoms with Crippen LogP contribution in [0.3, 0.4) is 0 Å². The Morgan fingerprint density at radius 3 is 2.94 bits per heavy atom. The Hall–Kier alpha value is -3.59. The topological polar surface area (TPSA) is 106 Å². The van der Waals surface area contributed by atoms with Gasteiger partial charge in [-0.1, -0.05) is 12.1 Å². The molecule has 0 radical (unpaired) electrons. The number of aliphatic hydroxyl groups excluding tert-OH is 1. The van der Waals surface area contributed by atoms with E-state index in [-0.39, 0.29) is 30.9 Å². The molecule has 2 atom stereocenters. The van der Waals surface area contributed by atoms with Gasteiger partial charge in [-0.15, -0.1) is 0 Å². The first-order valence-electron chi connectivity index (χ1n) is 9.96. The van der Waals surface area contributed by atoms with Crippen LogP contribution in [0, 0.1) is 12.7 Å². The van der Waals surface area contributed by atoms with Crippen LogP contribution in [0.15, 0.2) is 47.9 Å². The molecular weight excluding hydrogens is 399 g/mol. The number of aromatic amines is 1. The number of fused-ring (bicyclic) bond motifs is 1. The first kappa shape index (κ1) is 20.7. The minimum Gasteiger partial charge on any atom is -0.395 e. The second-order valence-corrected chi connectivity index (χ2v) is 7.37. The maximum atomic E-state index is 14.9. The molecule has 1 aliphatic heterocycles. The highest BCUT2D eigenvalue weighted by Crippen LogP contribution is 2.30. The fourth-order valence-corrected chi connectivity index (χ4v) is 3.74. The van der Waals surface area contributed by atoms with Crippen molar-refractivity contribution in [1.82, 2.24) is 19.9 Å². The van der Waals surface area contributed by atoms with E-state index in [1.807, 2.05) is 26.1 Å². The Morgan fingerprint density at radius 1 is 1.35 bits per heavy atom. The quantitative estimate of drug-likeness (QED) is 0.586. The number of urea groups is 1. The summed E-state index contributed by atoms with van der Waals surface area (Å²) in [6.07, 6.45) is 8.52. The van der Waals surface area contributed by atoms with Crippen molar-refractivity contribution in [1.29, 1.82) is 0 Å². The zero-order valence-electron chi connectivity index (χ0n) is 17.2. The number of benzene rings is 1. The Labute approximate surface area is 178 Å². The van der Waals surface area contributed by atoms with Crippen molar-refractivity contribution in [2.75, 3.05) is 18.5 Å². The Kier molecular flexibility index (Phi) is 5.77. The summed E-state index contributed by atoms with van der Waals surface area (Å²) in [6.45, 7) is 3.70. The molecule has 4 rings (SSSR count). The molecule has 1 aromatic carbocycles. The molecule has 31 heavy (non-hydrogen) atoms. The molecule has 0 bridgehead atoms. The smallest absolute Gasteiger partial charge is 0.322 e. The Balaban J connectivity index is 1.59. The number of hydrogen-bond acceptors (Lipinski definition) is 5. The van der Waals surface area contributed by atoms with Gasteiger partial charge in [0.25, 0.3) is 0 Å². The van der Waals surface area contributed by atoms with Crippen LogP contribution in [0.25, 0.3) is 22.3 Å². The third-order valence-electron chi connectivity index (χ3n) is 5.32. The van der Waals surface area contributed by atoms with Crippen LogP contribution in [0.5, 0.6) is 0 Å². The first-order valence-corrected chi connectivity index (χ1v) is 9.96. The zero-order chi connectivity index (χ0) is 22.0. The van der Waals surface area contributed by atoms with Crippen LogP contribution in [0.1, 0.15) is 12.5 Å². The van der Waals surface area contributed by atoms with Gasteiger partial charge >= 0.3 is 6.03 Å². The summed E-state index contributed by atoms with van der Waals surface area (Å²) < 4.78 is 14.9. The van der Waals surface area contributed by atoms with Crippen molar-refractivity contribution < 1.29 is 14.3 Å². The summed E-state index contributed by atoms with van der Waals surface area (Å²) in [5, 5.41) is 12.8. The molecule has 0 spiro atoms. The number of dihydropyridines is 1. The molecule has 3 N–H and O–H groups in total. The number of halogens is 1. The molecule has 2 amide bonds. The number of aryl methyl sites for hydroxylation is 1. The molecular formula is C22H23FN6O2. The SMILES string of the molecule is Cc1c[nH]c2ncnc(-c3ccc(NC(=O)N(CCO)C4C=CC=NC4C)c(F)c3)c12. The third-order valence-corrected chi connectivity index (χ3v) is 5.32. The van der Waals surface area contributed by atoms with Crippen molar-refractivity contribution in [2.24, 2.45) is 4.99 Å². The van der Waals surface area contributed by atoms with E-state index in [1.165, 1.54) is 23.4 Å². The van der Waals surface area contributed by atoms with Crippen LogP contribution < -0.4 is 5.32 Å². The molecule has 0 saturated carbocycles. The van der Waals surface area contributed by atoms with Gasteiger partial charge in [-0.25, -0.2) is 19.2 Å². The molecule has 160 valence electrons. The number of amides is 2. The lowest BCUT2D eigenvalue weighted by Crippen LogP contribution is -2.48.